The summed E-state index contributed by atoms with van der Waals surface area (Å²) in [5.41, 5.74) is 0. The van der Waals surface area contributed by atoms with Crippen molar-refractivity contribution < 1.29 is 4.74 Å². The minimum Gasteiger partial charge on any atom is -0.472 e. The summed E-state index contributed by atoms with van der Waals surface area (Å²) in [6.45, 7) is 0. The Bertz CT molecular complexity index is 87.9. The van der Waals surface area contributed by atoms with Crippen LogP contribution in [0.15, 0.2) is 16.6 Å². The van der Waals surface area contributed by atoms with Crippen molar-refractivity contribution in [3.8, 4) is 0 Å². The van der Waals surface area contributed by atoms with Gasteiger partial charge in [-0.25, -0.2) is 4.99 Å². The topological polar surface area (TPSA) is 21.6 Å². The van der Waals surface area contributed by atoms with Crippen molar-refractivity contribution in [2.75, 3.05) is 5.94 Å². The van der Waals surface area contributed by atoms with Gasteiger partial charge in [-0.2, -0.15) is 0 Å². The van der Waals surface area contributed by atoms with E-state index < -0.39 is 0 Å². The van der Waals surface area contributed by atoms with E-state index in [0.717, 1.165) is 0 Å². The number of aliphatic imine (C=N–C) groups is 1. The van der Waals surface area contributed by atoms with E-state index in [0.29, 0.717) is 5.94 Å². The Labute approximate surface area is 46.3 Å². The number of ether oxygens (including phenoxy) is 1. The lowest BCUT2D eigenvalue weighted by Crippen LogP contribution is -1.80. The first-order valence-electron chi connectivity index (χ1n) is 1.90. The third-order valence-electron chi connectivity index (χ3n) is 0.515. The van der Waals surface area contributed by atoms with Crippen LogP contribution in [0.5, 0.6) is 0 Å². The highest BCUT2D eigenvalue weighted by molar-refractivity contribution is 8.02. The Kier molecular flexibility index (Phi) is 1.81. The zero-order valence-electron chi connectivity index (χ0n) is 3.70. The van der Waals surface area contributed by atoms with Crippen molar-refractivity contribution in [1.82, 2.24) is 0 Å². The van der Waals surface area contributed by atoms with Crippen molar-refractivity contribution in [2.24, 2.45) is 4.99 Å². The molecule has 0 aromatic rings. The number of rotatable bonds is 0. The molecule has 0 saturated heterocycles. The van der Waals surface area contributed by atoms with E-state index in [1.165, 1.54) is 6.40 Å². The van der Waals surface area contributed by atoms with Gasteiger partial charge in [-0.1, -0.05) is 11.8 Å². The average Bonchev–Trinajstić information content (AvgIpc) is 1.90. The molecule has 1 aliphatic heterocycles. The molecule has 0 bridgehead atoms. The molecule has 0 aromatic carbocycles. The molecule has 0 amide bonds. The molecule has 3 heteroatoms. The molecular formula is C4H5NOS. The minimum atomic E-state index is 0.681. The number of nitrogens with zero attached hydrogens (tertiary/aromatic N) is 1. The SMILES string of the molecule is C1=CSCOC=N1. The molecule has 1 aliphatic rings. The van der Waals surface area contributed by atoms with Gasteiger partial charge in [0.15, 0.2) is 6.40 Å². The second kappa shape index (κ2) is 2.69. The first-order valence-corrected chi connectivity index (χ1v) is 2.95. The molecule has 0 atom stereocenters. The molecule has 0 unspecified atom stereocenters. The Morgan fingerprint density at radius 2 is 2.71 bits per heavy atom. The summed E-state index contributed by atoms with van der Waals surface area (Å²) < 4.78 is 4.80. The molecule has 1 heterocycles. The van der Waals surface area contributed by atoms with Gasteiger partial charge in [-0.3, -0.25) is 0 Å². The van der Waals surface area contributed by atoms with E-state index in [-0.39, 0.29) is 0 Å². The number of hydrogen-bond donors (Lipinski definition) is 0. The van der Waals surface area contributed by atoms with Crippen LogP contribution >= 0.6 is 11.8 Å². The van der Waals surface area contributed by atoms with Gasteiger partial charge < -0.3 is 4.74 Å². The molecule has 1 rings (SSSR count). The van der Waals surface area contributed by atoms with Crippen LogP contribution in [0.1, 0.15) is 0 Å². The summed E-state index contributed by atoms with van der Waals surface area (Å²) in [6, 6.07) is 0. The van der Waals surface area contributed by atoms with Gasteiger partial charge in [0.2, 0.25) is 0 Å². The van der Waals surface area contributed by atoms with Crippen LogP contribution in [-0.4, -0.2) is 12.3 Å². The standard InChI is InChI=1S/C4H5NOS/c1-2-7-4-6-3-5-1/h1-3H,4H2. The minimum absolute atomic E-state index is 0.681. The van der Waals surface area contributed by atoms with Gasteiger partial charge in [0.05, 0.1) is 0 Å². The fraction of sp³-hybridized carbons (Fsp3) is 0.250. The van der Waals surface area contributed by atoms with Crippen LogP contribution in [0, 0.1) is 0 Å². The van der Waals surface area contributed by atoms with Crippen LogP contribution in [0.4, 0.5) is 0 Å². The maximum Gasteiger partial charge on any atom is 0.175 e. The zero-order valence-corrected chi connectivity index (χ0v) is 4.52. The fourth-order valence-electron chi connectivity index (χ4n) is 0.265. The molecule has 0 N–H and O–H groups in total. The normalized spacial score (nSPS) is 18.3. The molecule has 2 nitrogen and oxygen atoms in total. The molecule has 0 aromatic heterocycles. The third kappa shape index (κ3) is 1.64. The van der Waals surface area contributed by atoms with E-state index in [1.807, 2.05) is 5.41 Å². The van der Waals surface area contributed by atoms with Crippen LogP contribution in [0.25, 0.3) is 0 Å². The summed E-state index contributed by atoms with van der Waals surface area (Å²) in [5.74, 6) is 0.681. The molecule has 0 radical (unpaired) electrons. The lowest BCUT2D eigenvalue weighted by atomic mass is 11.0. The predicted octanol–water partition coefficient (Wildman–Crippen LogP) is 1.21. The Balaban J connectivity index is 2.39. The van der Waals surface area contributed by atoms with Gasteiger partial charge in [-0.05, 0) is 5.41 Å². The maximum absolute atomic E-state index is 4.80. The summed E-state index contributed by atoms with van der Waals surface area (Å²) in [6.07, 6.45) is 3.15. The summed E-state index contributed by atoms with van der Waals surface area (Å²) in [5, 5.41) is 1.89. The van der Waals surface area contributed by atoms with E-state index in [4.69, 9.17) is 4.74 Å². The van der Waals surface area contributed by atoms with Crippen molar-refractivity contribution in [3.63, 3.8) is 0 Å². The molecular weight excluding hydrogens is 110 g/mol. The molecule has 0 spiro atoms. The van der Waals surface area contributed by atoms with Crippen molar-refractivity contribution in [3.05, 3.63) is 11.6 Å². The highest BCUT2D eigenvalue weighted by Gasteiger charge is 1.81. The summed E-state index contributed by atoms with van der Waals surface area (Å²) in [7, 11) is 0. The van der Waals surface area contributed by atoms with E-state index >= 15 is 0 Å². The summed E-state index contributed by atoms with van der Waals surface area (Å²) >= 11 is 1.59. The molecule has 0 saturated carbocycles. The number of thioether (sulfide) groups is 1. The quantitative estimate of drug-likeness (QED) is 0.473. The maximum atomic E-state index is 4.80. The first-order chi connectivity index (χ1) is 3.50. The highest BCUT2D eigenvalue weighted by atomic mass is 32.2. The Hall–Kier alpha value is -0.440. The molecule has 7 heavy (non-hydrogen) atoms. The number of hydrogen-bond acceptors (Lipinski definition) is 3. The van der Waals surface area contributed by atoms with Crippen molar-refractivity contribution in [2.45, 2.75) is 0 Å². The van der Waals surface area contributed by atoms with Gasteiger partial charge in [0.25, 0.3) is 0 Å². The third-order valence-corrected chi connectivity index (χ3v) is 1.10. The summed E-state index contributed by atoms with van der Waals surface area (Å²) in [4.78, 5) is 3.72. The van der Waals surface area contributed by atoms with Gasteiger partial charge in [0.1, 0.15) is 5.94 Å². The van der Waals surface area contributed by atoms with Crippen LogP contribution < -0.4 is 0 Å². The monoisotopic (exact) mass is 115 g/mol. The fourth-order valence-corrected chi connectivity index (χ4v) is 0.640. The Morgan fingerprint density at radius 1 is 1.71 bits per heavy atom. The first kappa shape index (κ1) is 4.71. The molecule has 38 valence electrons. The molecule has 0 fully saturated rings. The lowest BCUT2D eigenvalue weighted by Gasteiger charge is -1.87. The highest BCUT2D eigenvalue weighted by Crippen LogP contribution is 2.03. The molecule has 0 aliphatic carbocycles. The Morgan fingerprint density at radius 3 is 3.71 bits per heavy atom. The lowest BCUT2D eigenvalue weighted by molar-refractivity contribution is 0.401. The van der Waals surface area contributed by atoms with Crippen LogP contribution in [0.2, 0.25) is 0 Å². The largest absolute Gasteiger partial charge is 0.472 e. The van der Waals surface area contributed by atoms with Crippen LogP contribution in [-0.2, 0) is 4.74 Å². The van der Waals surface area contributed by atoms with E-state index in [2.05, 4.69) is 4.99 Å². The predicted molar refractivity (Wildman–Crippen MR) is 31.2 cm³/mol. The second-order valence-electron chi connectivity index (χ2n) is 0.991. The van der Waals surface area contributed by atoms with Crippen molar-refractivity contribution >= 4 is 18.2 Å². The zero-order chi connectivity index (χ0) is 4.95. The van der Waals surface area contributed by atoms with E-state index in [9.17, 15) is 0 Å². The van der Waals surface area contributed by atoms with Crippen molar-refractivity contribution in [1.29, 1.82) is 0 Å². The van der Waals surface area contributed by atoms with Gasteiger partial charge in [0, 0.05) is 6.20 Å². The van der Waals surface area contributed by atoms with Gasteiger partial charge in [-0.15, -0.1) is 0 Å². The van der Waals surface area contributed by atoms with Crippen LogP contribution in [0.3, 0.4) is 0 Å². The smallest absolute Gasteiger partial charge is 0.175 e. The average molecular weight is 115 g/mol. The second-order valence-corrected chi connectivity index (χ2v) is 1.83. The van der Waals surface area contributed by atoms with Gasteiger partial charge >= 0.3 is 0 Å². The van der Waals surface area contributed by atoms with E-state index in [1.54, 1.807) is 18.0 Å².